The summed E-state index contributed by atoms with van der Waals surface area (Å²) < 4.78 is 0. The molecule has 0 spiro atoms. The average Bonchev–Trinajstić information content (AvgIpc) is 2.88. The Morgan fingerprint density at radius 1 is 1.30 bits per heavy atom. The molecule has 0 saturated heterocycles. The molecular weight excluding hydrogens is 270 g/mol. The maximum absolute atomic E-state index is 11.7. The van der Waals surface area contributed by atoms with E-state index in [-0.39, 0.29) is 5.91 Å². The second-order valence-corrected chi connectivity index (χ2v) is 5.52. The van der Waals surface area contributed by atoms with Crippen molar-refractivity contribution in [2.45, 2.75) is 32.6 Å². The molecule has 0 saturated carbocycles. The van der Waals surface area contributed by atoms with Gasteiger partial charge in [-0.05, 0) is 18.6 Å². The number of thiazole rings is 1. The lowest BCUT2D eigenvalue weighted by Crippen LogP contribution is -2.10. The number of benzene rings is 1. The number of nitrogen functional groups attached to an aromatic ring is 1. The summed E-state index contributed by atoms with van der Waals surface area (Å²) in [6.45, 7) is 2.12. The molecule has 0 fully saturated rings. The van der Waals surface area contributed by atoms with Crippen molar-refractivity contribution >= 4 is 28.1 Å². The number of hydrogen-bond acceptors (Lipinski definition) is 4. The van der Waals surface area contributed by atoms with Gasteiger partial charge in [-0.2, -0.15) is 0 Å². The highest BCUT2D eigenvalue weighted by Gasteiger charge is 2.07. The summed E-state index contributed by atoms with van der Waals surface area (Å²) in [4.78, 5) is 16.1. The summed E-state index contributed by atoms with van der Waals surface area (Å²) >= 11 is 1.44. The summed E-state index contributed by atoms with van der Waals surface area (Å²) in [6.07, 6.45) is 3.69. The van der Waals surface area contributed by atoms with Gasteiger partial charge in [-0.15, -0.1) is 11.3 Å². The number of nitrogens with one attached hydrogen (secondary N) is 1. The van der Waals surface area contributed by atoms with Gasteiger partial charge in [0.1, 0.15) is 0 Å². The van der Waals surface area contributed by atoms with Crippen molar-refractivity contribution in [3.63, 3.8) is 0 Å². The van der Waals surface area contributed by atoms with Crippen LogP contribution in [-0.2, 0) is 4.79 Å². The normalized spacial score (nSPS) is 10.4. The lowest BCUT2D eigenvalue weighted by molar-refractivity contribution is -0.116. The van der Waals surface area contributed by atoms with Gasteiger partial charge in [0.25, 0.3) is 0 Å². The van der Waals surface area contributed by atoms with Crippen molar-refractivity contribution in [2.24, 2.45) is 0 Å². The second-order valence-electron chi connectivity index (χ2n) is 4.67. The molecule has 0 unspecified atom stereocenters. The molecule has 1 amide bonds. The minimum Gasteiger partial charge on any atom is -0.399 e. The molecule has 2 aromatic rings. The van der Waals surface area contributed by atoms with Gasteiger partial charge in [-0.1, -0.05) is 31.9 Å². The molecule has 106 valence electrons. The molecule has 0 atom stereocenters. The van der Waals surface area contributed by atoms with Gasteiger partial charge in [-0.25, -0.2) is 4.98 Å². The molecule has 0 aliphatic carbocycles. The van der Waals surface area contributed by atoms with E-state index in [1.807, 2.05) is 29.6 Å². The third-order valence-corrected chi connectivity index (χ3v) is 3.72. The van der Waals surface area contributed by atoms with Crippen LogP contribution >= 0.6 is 11.3 Å². The zero-order chi connectivity index (χ0) is 14.4. The fraction of sp³-hybridized carbons (Fsp3) is 0.333. The number of carbonyl (C=O) groups is 1. The van der Waals surface area contributed by atoms with E-state index in [1.165, 1.54) is 11.3 Å². The zero-order valence-electron chi connectivity index (χ0n) is 11.6. The van der Waals surface area contributed by atoms with Crippen LogP contribution in [0.4, 0.5) is 10.8 Å². The van der Waals surface area contributed by atoms with Crippen LogP contribution in [0.25, 0.3) is 11.3 Å². The van der Waals surface area contributed by atoms with Crippen molar-refractivity contribution < 1.29 is 4.79 Å². The Bertz CT molecular complexity index is 563. The van der Waals surface area contributed by atoms with E-state index < -0.39 is 0 Å². The van der Waals surface area contributed by atoms with Crippen LogP contribution in [0.1, 0.15) is 32.6 Å². The topological polar surface area (TPSA) is 68.0 Å². The van der Waals surface area contributed by atoms with Gasteiger partial charge < -0.3 is 11.1 Å². The van der Waals surface area contributed by atoms with E-state index in [4.69, 9.17) is 5.73 Å². The number of carbonyl (C=O) groups excluding carboxylic acids is 1. The second kappa shape index (κ2) is 7.05. The van der Waals surface area contributed by atoms with E-state index in [1.54, 1.807) is 0 Å². The Balaban J connectivity index is 1.95. The first-order chi connectivity index (χ1) is 9.69. The van der Waals surface area contributed by atoms with E-state index in [2.05, 4.69) is 17.2 Å². The van der Waals surface area contributed by atoms with Crippen molar-refractivity contribution in [1.82, 2.24) is 4.98 Å². The van der Waals surface area contributed by atoms with Crippen molar-refractivity contribution in [1.29, 1.82) is 0 Å². The smallest absolute Gasteiger partial charge is 0.226 e. The average molecular weight is 289 g/mol. The molecular formula is C15H19N3OS. The molecule has 5 heteroatoms. The third-order valence-electron chi connectivity index (χ3n) is 2.96. The predicted molar refractivity (Wildman–Crippen MR) is 84.7 cm³/mol. The lowest BCUT2D eigenvalue weighted by atomic mass is 10.1. The largest absolute Gasteiger partial charge is 0.399 e. The van der Waals surface area contributed by atoms with Crippen LogP contribution in [0, 0.1) is 0 Å². The Hall–Kier alpha value is -1.88. The minimum atomic E-state index is 0.0386. The van der Waals surface area contributed by atoms with Gasteiger partial charge in [0.05, 0.1) is 5.69 Å². The quantitative estimate of drug-likeness (QED) is 0.625. The van der Waals surface area contributed by atoms with Gasteiger partial charge >= 0.3 is 0 Å². The van der Waals surface area contributed by atoms with E-state index in [0.717, 1.165) is 36.2 Å². The Labute approximate surface area is 123 Å². The predicted octanol–water partition coefficient (Wildman–Crippen LogP) is 3.91. The van der Waals surface area contributed by atoms with Crippen LogP contribution in [0.15, 0.2) is 29.6 Å². The van der Waals surface area contributed by atoms with Crippen LogP contribution in [-0.4, -0.2) is 10.9 Å². The third kappa shape index (κ3) is 4.06. The molecule has 0 aliphatic rings. The number of aromatic nitrogens is 1. The number of nitrogens with zero attached hydrogens (tertiary/aromatic N) is 1. The number of amides is 1. The number of hydrogen-bond donors (Lipinski definition) is 2. The van der Waals surface area contributed by atoms with Gasteiger partial charge in [-0.3, -0.25) is 4.79 Å². The number of rotatable bonds is 6. The molecule has 2 rings (SSSR count). The summed E-state index contributed by atoms with van der Waals surface area (Å²) in [6, 6.07) is 7.55. The first-order valence-electron chi connectivity index (χ1n) is 6.80. The van der Waals surface area contributed by atoms with E-state index in [9.17, 15) is 4.79 Å². The monoisotopic (exact) mass is 289 g/mol. The molecule has 0 aliphatic heterocycles. The van der Waals surface area contributed by atoms with E-state index >= 15 is 0 Å². The lowest BCUT2D eigenvalue weighted by Gasteiger charge is -2.01. The highest BCUT2D eigenvalue weighted by atomic mass is 32.1. The van der Waals surface area contributed by atoms with Crippen LogP contribution in [0.2, 0.25) is 0 Å². The van der Waals surface area contributed by atoms with Crippen molar-refractivity contribution in [3.8, 4) is 11.3 Å². The molecule has 1 heterocycles. The minimum absolute atomic E-state index is 0.0386. The van der Waals surface area contributed by atoms with Crippen LogP contribution < -0.4 is 11.1 Å². The first-order valence-corrected chi connectivity index (χ1v) is 7.68. The van der Waals surface area contributed by atoms with Gasteiger partial charge in [0.15, 0.2) is 5.13 Å². The standard InChI is InChI=1S/C15H19N3OS/c1-2-3-4-5-14(19)18-15-17-13(10-20-15)11-6-8-12(16)9-7-11/h6-10H,2-5,16H2,1H3,(H,17,18,19). The molecule has 1 aromatic heterocycles. The maximum atomic E-state index is 11.7. The Morgan fingerprint density at radius 2 is 2.05 bits per heavy atom. The summed E-state index contributed by atoms with van der Waals surface area (Å²) in [5, 5.41) is 5.44. The fourth-order valence-corrected chi connectivity index (χ4v) is 2.57. The highest BCUT2D eigenvalue weighted by Crippen LogP contribution is 2.25. The molecule has 4 nitrogen and oxygen atoms in total. The van der Waals surface area contributed by atoms with Crippen LogP contribution in [0.3, 0.4) is 0 Å². The fourth-order valence-electron chi connectivity index (χ4n) is 1.83. The Kier molecular flexibility index (Phi) is 5.12. The summed E-state index contributed by atoms with van der Waals surface area (Å²) in [5.41, 5.74) is 8.25. The summed E-state index contributed by atoms with van der Waals surface area (Å²) in [7, 11) is 0. The number of unbranched alkanes of at least 4 members (excludes halogenated alkanes) is 2. The highest BCUT2D eigenvalue weighted by molar-refractivity contribution is 7.14. The number of anilines is 2. The molecule has 20 heavy (non-hydrogen) atoms. The first kappa shape index (κ1) is 14.5. The molecule has 0 bridgehead atoms. The molecule has 1 aromatic carbocycles. The molecule has 3 N–H and O–H groups in total. The number of nitrogens with two attached hydrogens (primary N) is 1. The maximum Gasteiger partial charge on any atom is 0.226 e. The van der Waals surface area contributed by atoms with Crippen molar-refractivity contribution in [3.05, 3.63) is 29.6 Å². The molecule has 0 radical (unpaired) electrons. The van der Waals surface area contributed by atoms with E-state index in [0.29, 0.717) is 11.6 Å². The van der Waals surface area contributed by atoms with Gasteiger partial charge in [0.2, 0.25) is 5.91 Å². The van der Waals surface area contributed by atoms with Crippen molar-refractivity contribution in [2.75, 3.05) is 11.1 Å². The van der Waals surface area contributed by atoms with Crippen LogP contribution in [0.5, 0.6) is 0 Å². The van der Waals surface area contributed by atoms with Gasteiger partial charge in [0, 0.05) is 23.1 Å². The summed E-state index contributed by atoms with van der Waals surface area (Å²) in [5.74, 6) is 0.0386. The SMILES string of the molecule is CCCCCC(=O)Nc1nc(-c2ccc(N)cc2)cs1. The Morgan fingerprint density at radius 3 is 2.75 bits per heavy atom. The zero-order valence-corrected chi connectivity index (χ0v) is 12.4.